The van der Waals surface area contributed by atoms with Gasteiger partial charge >= 0.3 is 0 Å². The summed E-state index contributed by atoms with van der Waals surface area (Å²) in [5.74, 6) is 1.31. The number of benzene rings is 1. The lowest BCUT2D eigenvalue weighted by molar-refractivity contribution is 0.407. The third-order valence-electron chi connectivity index (χ3n) is 3.37. The van der Waals surface area contributed by atoms with Crippen molar-refractivity contribution in [2.24, 2.45) is 12.8 Å². The summed E-state index contributed by atoms with van der Waals surface area (Å²) in [7, 11) is 3.63. The fourth-order valence-electron chi connectivity index (χ4n) is 2.33. The highest BCUT2D eigenvalue weighted by Gasteiger charge is 2.17. The molecule has 20 heavy (non-hydrogen) atoms. The monoisotopic (exact) mass is 337 g/mol. The zero-order chi connectivity index (χ0) is 14.9. The maximum atomic E-state index is 5.71. The minimum atomic E-state index is 0.394. The Hall–Kier alpha value is -1.33. The first-order valence-corrected chi connectivity index (χ1v) is 7.38. The number of aryl methyl sites for hydroxylation is 1. The van der Waals surface area contributed by atoms with Gasteiger partial charge in [0, 0.05) is 19.2 Å². The first-order chi connectivity index (χ1) is 9.49. The third-order valence-corrected chi connectivity index (χ3v) is 4.21. The van der Waals surface area contributed by atoms with Gasteiger partial charge in [0.25, 0.3) is 0 Å². The number of rotatable bonds is 4. The number of hydrogen-bond donors (Lipinski definition) is 1. The fraction of sp³-hybridized carbons (Fsp3) is 0.400. The Morgan fingerprint density at radius 1 is 1.40 bits per heavy atom. The van der Waals surface area contributed by atoms with Crippen molar-refractivity contribution < 1.29 is 4.74 Å². The maximum Gasteiger partial charge on any atom is 0.122 e. The molecule has 4 nitrogen and oxygen atoms in total. The molecule has 0 spiro atoms. The molecule has 1 heterocycles. The molecule has 0 bridgehead atoms. The van der Waals surface area contributed by atoms with Crippen molar-refractivity contribution in [3.8, 4) is 17.0 Å². The van der Waals surface area contributed by atoms with Gasteiger partial charge < -0.3 is 10.5 Å². The molecule has 0 fully saturated rings. The number of ether oxygens (including phenoxy) is 1. The summed E-state index contributed by atoms with van der Waals surface area (Å²) in [5.41, 5.74) is 9.91. The molecule has 0 saturated heterocycles. The van der Waals surface area contributed by atoms with Crippen LogP contribution in [0.25, 0.3) is 11.3 Å². The van der Waals surface area contributed by atoms with Crippen LogP contribution in [0.5, 0.6) is 5.75 Å². The second-order valence-corrected chi connectivity index (χ2v) is 5.84. The molecule has 2 aromatic rings. The molecular formula is C15H20BrN3O. The van der Waals surface area contributed by atoms with Crippen molar-refractivity contribution in [3.05, 3.63) is 33.9 Å². The first kappa shape index (κ1) is 15.1. The molecule has 0 aliphatic rings. The number of methoxy groups -OCH3 is 1. The van der Waals surface area contributed by atoms with Crippen molar-refractivity contribution in [1.29, 1.82) is 0 Å². The van der Waals surface area contributed by atoms with Gasteiger partial charge in [0.1, 0.15) is 5.75 Å². The summed E-state index contributed by atoms with van der Waals surface area (Å²) in [6.07, 6.45) is 0. The number of nitrogens with zero attached hydrogens (tertiary/aromatic N) is 2. The van der Waals surface area contributed by atoms with Crippen LogP contribution in [0.1, 0.15) is 31.0 Å². The quantitative estimate of drug-likeness (QED) is 0.929. The minimum absolute atomic E-state index is 0.394. The third kappa shape index (κ3) is 2.60. The Bertz CT molecular complexity index is 620. The Morgan fingerprint density at radius 3 is 2.60 bits per heavy atom. The van der Waals surface area contributed by atoms with E-state index in [2.05, 4.69) is 40.9 Å². The Labute approximate surface area is 128 Å². The lowest BCUT2D eigenvalue weighted by Crippen LogP contribution is -1.99. The molecular weight excluding hydrogens is 318 g/mol. The van der Waals surface area contributed by atoms with E-state index >= 15 is 0 Å². The number of hydrogen-bond acceptors (Lipinski definition) is 3. The molecule has 0 atom stereocenters. The Balaban J connectivity index is 2.59. The molecule has 5 heteroatoms. The highest BCUT2D eigenvalue weighted by molar-refractivity contribution is 9.10. The molecule has 1 aromatic carbocycles. The predicted octanol–water partition coefficient (Wildman–Crippen LogP) is 3.44. The smallest absolute Gasteiger partial charge is 0.122 e. The van der Waals surface area contributed by atoms with Gasteiger partial charge in [-0.3, -0.25) is 4.68 Å². The molecule has 0 aliphatic carbocycles. The van der Waals surface area contributed by atoms with Crippen molar-refractivity contribution in [2.75, 3.05) is 7.11 Å². The maximum absolute atomic E-state index is 5.71. The van der Waals surface area contributed by atoms with Crippen LogP contribution >= 0.6 is 15.9 Å². The van der Waals surface area contributed by atoms with Crippen LogP contribution < -0.4 is 10.5 Å². The van der Waals surface area contributed by atoms with E-state index in [1.165, 1.54) is 5.56 Å². The van der Waals surface area contributed by atoms with Crippen molar-refractivity contribution in [1.82, 2.24) is 9.78 Å². The highest BCUT2D eigenvalue weighted by atomic mass is 79.9. The van der Waals surface area contributed by atoms with E-state index in [4.69, 9.17) is 10.5 Å². The molecule has 108 valence electrons. The topological polar surface area (TPSA) is 53.1 Å². The molecule has 0 aliphatic heterocycles. The number of aromatic nitrogens is 2. The van der Waals surface area contributed by atoms with E-state index in [0.29, 0.717) is 12.5 Å². The zero-order valence-corrected chi connectivity index (χ0v) is 13.9. The van der Waals surface area contributed by atoms with Gasteiger partial charge in [0.2, 0.25) is 0 Å². The average Bonchev–Trinajstić information content (AvgIpc) is 2.72. The summed E-state index contributed by atoms with van der Waals surface area (Å²) >= 11 is 3.60. The zero-order valence-electron chi connectivity index (χ0n) is 12.3. The summed E-state index contributed by atoms with van der Waals surface area (Å²) in [6, 6.07) is 6.21. The van der Waals surface area contributed by atoms with E-state index in [1.807, 2.05) is 23.9 Å². The van der Waals surface area contributed by atoms with Crippen LogP contribution in [0.3, 0.4) is 0 Å². The summed E-state index contributed by atoms with van der Waals surface area (Å²) < 4.78 is 8.25. The van der Waals surface area contributed by atoms with Gasteiger partial charge in [0.05, 0.1) is 23.0 Å². The highest BCUT2D eigenvalue weighted by Crippen LogP contribution is 2.35. The number of nitrogens with two attached hydrogens (primary N) is 1. The lowest BCUT2D eigenvalue weighted by atomic mass is 9.98. The van der Waals surface area contributed by atoms with E-state index < -0.39 is 0 Å². The number of halogens is 1. The minimum Gasteiger partial charge on any atom is -0.496 e. The molecule has 0 amide bonds. The molecule has 0 unspecified atom stereocenters. The molecule has 2 rings (SSSR count). The van der Waals surface area contributed by atoms with Crippen LogP contribution in [-0.4, -0.2) is 16.9 Å². The Morgan fingerprint density at radius 2 is 2.10 bits per heavy atom. The molecule has 2 N–H and O–H groups in total. The lowest BCUT2D eigenvalue weighted by Gasteiger charge is -2.14. The van der Waals surface area contributed by atoms with E-state index in [-0.39, 0.29) is 0 Å². The van der Waals surface area contributed by atoms with Crippen molar-refractivity contribution >= 4 is 15.9 Å². The summed E-state index contributed by atoms with van der Waals surface area (Å²) in [4.78, 5) is 0. The molecule has 1 aromatic heterocycles. The summed E-state index contributed by atoms with van der Waals surface area (Å²) in [5, 5.41) is 4.44. The second-order valence-electron chi connectivity index (χ2n) is 5.05. The second kappa shape index (κ2) is 5.97. The van der Waals surface area contributed by atoms with Crippen LogP contribution in [0.15, 0.2) is 22.7 Å². The average molecular weight is 338 g/mol. The molecule has 0 radical (unpaired) electrons. The van der Waals surface area contributed by atoms with Gasteiger partial charge in [-0.2, -0.15) is 5.10 Å². The predicted molar refractivity (Wildman–Crippen MR) is 84.9 cm³/mol. The van der Waals surface area contributed by atoms with Gasteiger partial charge in [-0.1, -0.05) is 13.8 Å². The van der Waals surface area contributed by atoms with Crippen molar-refractivity contribution in [3.63, 3.8) is 0 Å². The molecule has 0 saturated carbocycles. The van der Waals surface area contributed by atoms with Crippen molar-refractivity contribution in [2.45, 2.75) is 26.3 Å². The van der Waals surface area contributed by atoms with Gasteiger partial charge in [0.15, 0.2) is 0 Å². The first-order valence-electron chi connectivity index (χ1n) is 6.59. The van der Waals surface area contributed by atoms with Gasteiger partial charge in [-0.05, 0) is 45.6 Å². The van der Waals surface area contributed by atoms with Crippen LogP contribution in [-0.2, 0) is 13.6 Å². The van der Waals surface area contributed by atoms with Crippen LogP contribution in [0.4, 0.5) is 0 Å². The van der Waals surface area contributed by atoms with Crippen LogP contribution in [0, 0.1) is 0 Å². The van der Waals surface area contributed by atoms with Gasteiger partial charge in [-0.25, -0.2) is 0 Å². The summed E-state index contributed by atoms with van der Waals surface area (Å²) in [6.45, 7) is 4.73. The normalized spacial score (nSPS) is 11.2. The van der Waals surface area contributed by atoms with E-state index in [1.54, 1.807) is 7.11 Å². The SMILES string of the molecule is COc1ccc(-c2c(Br)c(CN)nn2C)cc1C(C)C. The van der Waals surface area contributed by atoms with E-state index in [0.717, 1.165) is 27.2 Å². The largest absolute Gasteiger partial charge is 0.496 e. The van der Waals surface area contributed by atoms with Crippen LogP contribution in [0.2, 0.25) is 0 Å². The standard InChI is InChI=1S/C15H20BrN3O/c1-9(2)11-7-10(5-6-13(11)20-4)15-14(16)12(8-17)18-19(15)3/h5-7,9H,8,17H2,1-4H3. The fourth-order valence-corrected chi connectivity index (χ4v) is 3.06. The van der Waals surface area contributed by atoms with E-state index in [9.17, 15) is 0 Å². The Kier molecular flexibility index (Phi) is 4.50. The van der Waals surface area contributed by atoms with Gasteiger partial charge in [-0.15, -0.1) is 0 Å².